The van der Waals surface area contributed by atoms with Crippen molar-refractivity contribution in [1.82, 2.24) is 4.98 Å². The number of hydrogen-bond acceptors (Lipinski definition) is 4. The fourth-order valence-corrected chi connectivity index (χ4v) is 2.48. The average molecular weight is 298 g/mol. The van der Waals surface area contributed by atoms with Gasteiger partial charge < -0.3 is 9.47 Å². The number of benzene rings is 1. The van der Waals surface area contributed by atoms with Gasteiger partial charge in [0.25, 0.3) is 0 Å². The predicted molar refractivity (Wildman–Crippen MR) is 78.4 cm³/mol. The van der Waals surface area contributed by atoms with Crippen LogP contribution in [0.3, 0.4) is 0 Å². The molecule has 0 saturated carbocycles. The van der Waals surface area contributed by atoms with E-state index < -0.39 is 0 Å². The Morgan fingerprint density at radius 2 is 2.11 bits per heavy atom. The summed E-state index contributed by atoms with van der Waals surface area (Å²) in [5.41, 5.74) is 2.04. The SMILES string of the molecule is CCOc1cc(CCl)ccc1OCc1nc(C)cs1. The Bertz CT molecular complexity index is 542. The molecule has 0 aliphatic heterocycles. The number of aromatic nitrogens is 1. The molecule has 0 saturated heterocycles. The van der Waals surface area contributed by atoms with Crippen LogP contribution >= 0.6 is 22.9 Å². The molecule has 0 aliphatic rings. The number of rotatable bonds is 6. The van der Waals surface area contributed by atoms with Crippen molar-refractivity contribution in [3.63, 3.8) is 0 Å². The molecule has 0 amide bonds. The lowest BCUT2D eigenvalue weighted by atomic mass is 10.2. The van der Waals surface area contributed by atoms with E-state index in [9.17, 15) is 0 Å². The molecule has 0 aliphatic carbocycles. The normalized spacial score (nSPS) is 10.5. The van der Waals surface area contributed by atoms with Crippen LogP contribution in [0.1, 0.15) is 23.2 Å². The summed E-state index contributed by atoms with van der Waals surface area (Å²) in [6.45, 7) is 4.97. The zero-order chi connectivity index (χ0) is 13.7. The van der Waals surface area contributed by atoms with E-state index in [4.69, 9.17) is 21.1 Å². The lowest BCUT2D eigenvalue weighted by molar-refractivity contribution is 0.268. The molecule has 1 heterocycles. The van der Waals surface area contributed by atoms with Crippen molar-refractivity contribution in [3.05, 3.63) is 39.8 Å². The molecule has 19 heavy (non-hydrogen) atoms. The van der Waals surface area contributed by atoms with Gasteiger partial charge >= 0.3 is 0 Å². The van der Waals surface area contributed by atoms with E-state index in [1.165, 1.54) is 0 Å². The monoisotopic (exact) mass is 297 g/mol. The summed E-state index contributed by atoms with van der Waals surface area (Å²) in [7, 11) is 0. The number of thiazole rings is 1. The summed E-state index contributed by atoms with van der Waals surface area (Å²) in [4.78, 5) is 4.37. The summed E-state index contributed by atoms with van der Waals surface area (Å²) in [5, 5.41) is 2.97. The van der Waals surface area contributed by atoms with Crippen LogP contribution in [-0.4, -0.2) is 11.6 Å². The van der Waals surface area contributed by atoms with Gasteiger partial charge in [0.05, 0.1) is 6.61 Å². The molecule has 0 unspecified atom stereocenters. The Labute approximate surface area is 122 Å². The number of hydrogen-bond donors (Lipinski definition) is 0. The summed E-state index contributed by atoms with van der Waals surface area (Å²) in [6, 6.07) is 5.75. The highest BCUT2D eigenvalue weighted by molar-refractivity contribution is 7.09. The van der Waals surface area contributed by atoms with Gasteiger partial charge in [0, 0.05) is 17.0 Å². The maximum atomic E-state index is 5.82. The van der Waals surface area contributed by atoms with Gasteiger partial charge in [0.2, 0.25) is 0 Å². The largest absolute Gasteiger partial charge is 0.490 e. The van der Waals surface area contributed by atoms with E-state index in [1.54, 1.807) is 11.3 Å². The third-order valence-corrected chi connectivity index (χ3v) is 3.73. The maximum absolute atomic E-state index is 5.82. The highest BCUT2D eigenvalue weighted by Gasteiger charge is 2.08. The number of aryl methyl sites for hydroxylation is 1. The lowest BCUT2D eigenvalue weighted by Crippen LogP contribution is -2.00. The van der Waals surface area contributed by atoms with Gasteiger partial charge in [0.15, 0.2) is 11.5 Å². The van der Waals surface area contributed by atoms with Gasteiger partial charge in [-0.2, -0.15) is 0 Å². The first-order valence-electron chi connectivity index (χ1n) is 6.08. The van der Waals surface area contributed by atoms with Crippen molar-refractivity contribution in [2.45, 2.75) is 26.3 Å². The van der Waals surface area contributed by atoms with Gasteiger partial charge in [-0.25, -0.2) is 4.98 Å². The highest BCUT2D eigenvalue weighted by atomic mass is 35.5. The Balaban J connectivity index is 2.10. The standard InChI is InChI=1S/C14H16ClNO2S/c1-3-17-13-6-11(7-15)4-5-12(13)18-8-14-16-10(2)9-19-14/h4-6,9H,3,7-8H2,1-2H3. The van der Waals surface area contributed by atoms with Crippen molar-refractivity contribution in [3.8, 4) is 11.5 Å². The van der Waals surface area contributed by atoms with Gasteiger partial charge in [-0.05, 0) is 31.5 Å². The Morgan fingerprint density at radius 1 is 1.26 bits per heavy atom. The molecule has 0 fully saturated rings. The highest BCUT2D eigenvalue weighted by Crippen LogP contribution is 2.30. The molecule has 2 aromatic rings. The van der Waals surface area contributed by atoms with Gasteiger partial charge in [-0.3, -0.25) is 0 Å². The number of alkyl halides is 1. The zero-order valence-electron chi connectivity index (χ0n) is 11.0. The summed E-state index contributed by atoms with van der Waals surface area (Å²) < 4.78 is 11.3. The molecule has 0 bridgehead atoms. The van der Waals surface area contributed by atoms with Gasteiger partial charge in [0.1, 0.15) is 11.6 Å². The van der Waals surface area contributed by atoms with Crippen LogP contribution in [0.15, 0.2) is 23.6 Å². The minimum absolute atomic E-state index is 0.457. The van der Waals surface area contributed by atoms with E-state index in [0.717, 1.165) is 27.8 Å². The molecule has 5 heteroatoms. The Kier molecular flexibility index (Phi) is 5.05. The zero-order valence-corrected chi connectivity index (χ0v) is 12.6. The molecule has 2 rings (SSSR count). The smallest absolute Gasteiger partial charge is 0.161 e. The topological polar surface area (TPSA) is 31.4 Å². The van der Waals surface area contributed by atoms with Crippen molar-refractivity contribution in [2.75, 3.05) is 6.61 Å². The van der Waals surface area contributed by atoms with Gasteiger partial charge in [-0.15, -0.1) is 22.9 Å². The second kappa shape index (κ2) is 6.78. The molecular weight excluding hydrogens is 282 g/mol. The molecule has 102 valence electrons. The van der Waals surface area contributed by atoms with Gasteiger partial charge in [-0.1, -0.05) is 6.07 Å². The second-order valence-corrected chi connectivity index (χ2v) is 5.23. The summed E-state index contributed by atoms with van der Waals surface area (Å²) in [6.07, 6.45) is 0. The molecule has 3 nitrogen and oxygen atoms in total. The van der Waals surface area contributed by atoms with Crippen molar-refractivity contribution >= 4 is 22.9 Å². The van der Waals surface area contributed by atoms with Crippen molar-refractivity contribution in [1.29, 1.82) is 0 Å². The minimum Gasteiger partial charge on any atom is -0.490 e. The quantitative estimate of drug-likeness (QED) is 0.750. The Hall–Kier alpha value is -1.26. The van der Waals surface area contributed by atoms with Crippen LogP contribution < -0.4 is 9.47 Å². The molecule has 1 aromatic carbocycles. The third-order valence-electron chi connectivity index (χ3n) is 2.48. The molecular formula is C14H16ClNO2S. The number of halogens is 1. The Morgan fingerprint density at radius 3 is 2.74 bits per heavy atom. The average Bonchev–Trinajstić information content (AvgIpc) is 2.83. The lowest BCUT2D eigenvalue weighted by Gasteiger charge is -2.12. The first-order valence-corrected chi connectivity index (χ1v) is 7.49. The first-order chi connectivity index (χ1) is 9.22. The first kappa shape index (κ1) is 14.2. The van der Waals surface area contributed by atoms with E-state index in [2.05, 4.69) is 4.98 Å². The van der Waals surface area contributed by atoms with Crippen LogP contribution in [0.5, 0.6) is 11.5 Å². The molecule has 0 atom stereocenters. The van der Waals surface area contributed by atoms with E-state index >= 15 is 0 Å². The predicted octanol–water partition coefficient (Wildman–Crippen LogP) is 4.17. The molecule has 0 spiro atoms. The minimum atomic E-state index is 0.457. The maximum Gasteiger partial charge on any atom is 0.161 e. The number of ether oxygens (including phenoxy) is 2. The second-order valence-electron chi connectivity index (χ2n) is 4.02. The molecule has 0 radical (unpaired) electrons. The van der Waals surface area contributed by atoms with Crippen LogP contribution in [0.4, 0.5) is 0 Å². The van der Waals surface area contributed by atoms with E-state index in [-0.39, 0.29) is 0 Å². The van der Waals surface area contributed by atoms with Crippen LogP contribution in [0, 0.1) is 6.92 Å². The van der Waals surface area contributed by atoms with E-state index in [1.807, 2.05) is 37.4 Å². The summed E-state index contributed by atoms with van der Waals surface area (Å²) >= 11 is 7.42. The molecule has 1 aromatic heterocycles. The van der Waals surface area contributed by atoms with Crippen molar-refractivity contribution < 1.29 is 9.47 Å². The van der Waals surface area contributed by atoms with Crippen LogP contribution in [-0.2, 0) is 12.5 Å². The third kappa shape index (κ3) is 3.85. The van der Waals surface area contributed by atoms with E-state index in [0.29, 0.717) is 19.1 Å². The fraction of sp³-hybridized carbons (Fsp3) is 0.357. The van der Waals surface area contributed by atoms with Crippen LogP contribution in [0.2, 0.25) is 0 Å². The molecule has 0 N–H and O–H groups in total. The van der Waals surface area contributed by atoms with Crippen molar-refractivity contribution in [2.24, 2.45) is 0 Å². The number of nitrogens with zero attached hydrogens (tertiary/aromatic N) is 1. The van der Waals surface area contributed by atoms with Crippen LogP contribution in [0.25, 0.3) is 0 Å². The summed E-state index contributed by atoms with van der Waals surface area (Å²) in [5.74, 6) is 1.92. The fourth-order valence-electron chi connectivity index (χ4n) is 1.63.